The van der Waals surface area contributed by atoms with Crippen molar-refractivity contribution < 1.29 is 9.53 Å². The molecule has 0 aliphatic heterocycles. The Morgan fingerprint density at radius 2 is 1.94 bits per heavy atom. The summed E-state index contributed by atoms with van der Waals surface area (Å²) in [5.41, 5.74) is 0.873. The average Bonchev–Trinajstić information content (AvgIpc) is 2.24. The second-order valence-corrected chi connectivity index (χ2v) is 5.24. The fraction of sp³-hybridized carbons (Fsp3) is 0.500. The number of hydrogen-bond acceptors (Lipinski definition) is 2. The fourth-order valence-electron chi connectivity index (χ4n) is 1.43. The largest absolute Gasteiger partial charge is 0.491 e. The third-order valence-corrected chi connectivity index (χ3v) is 2.23. The van der Waals surface area contributed by atoms with Crippen LogP contribution in [-0.4, -0.2) is 24.7 Å². The maximum atomic E-state index is 11.5. The second kappa shape index (κ2) is 6.28. The fourth-order valence-corrected chi connectivity index (χ4v) is 1.43. The number of aryl methyl sites for hydroxylation is 1. The molecule has 0 radical (unpaired) electrons. The van der Waals surface area contributed by atoms with Crippen molar-refractivity contribution in [2.45, 2.75) is 33.2 Å². The van der Waals surface area contributed by atoms with Crippen LogP contribution in [0.4, 0.5) is 4.79 Å². The van der Waals surface area contributed by atoms with E-state index in [1.807, 2.05) is 52.0 Å². The predicted octanol–water partition coefficient (Wildman–Crippen LogP) is 2.47. The molecule has 0 heterocycles. The first-order valence-electron chi connectivity index (χ1n) is 6.13. The Hall–Kier alpha value is -1.71. The van der Waals surface area contributed by atoms with Crippen molar-refractivity contribution in [2.75, 3.05) is 13.2 Å². The minimum absolute atomic E-state index is 0.170. The zero-order valence-electron chi connectivity index (χ0n) is 11.5. The molecule has 0 fully saturated rings. The van der Waals surface area contributed by atoms with Crippen LogP contribution in [0.3, 0.4) is 0 Å². The molecule has 0 saturated heterocycles. The zero-order valence-corrected chi connectivity index (χ0v) is 11.5. The van der Waals surface area contributed by atoms with Gasteiger partial charge in [-0.1, -0.05) is 18.2 Å². The van der Waals surface area contributed by atoms with Gasteiger partial charge in [0.1, 0.15) is 12.4 Å². The first-order valence-corrected chi connectivity index (χ1v) is 6.13. The molecule has 1 aromatic rings. The van der Waals surface area contributed by atoms with Gasteiger partial charge in [-0.15, -0.1) is 0 Å². The van der Waals surface area contributed by atoms with Crippen LogP contribution in [0.2, 0.25) is 0 Å². The van der Waals surface area contributed by atoms with Crippen LogP contribution in [0.1, 0.15) is 26.3 Å². The first-order chi connectivity index (χ1) is 8.38. The van der Waals surface area contributed by atoms with Gasteiger partial charge in [0, 0.05) is 5.54 Å². The molecule has 0 atom stereocenters. The van der Waals surface area contributed by atoms with E-state index in [0.29, 0.717) is 13.2 Å². The number of nitrogens with one attached hydrogen (secondary N) is 2. The number of amides is 2. The van der Waals surface area contributed by atoms with E-state index in [0.717, 1.165) is 11.3 Å². The smallest absolute Gasteiger partial charge is 0.315 e. The lowest BCUT2D eigenvalue weighted by molar-refractivity contribution is 0.228. The topological polar surface area (TPSA) is 50.4 Å². The van der Waals surface area contributed by atoms with E-state index in [1.165, 1.54) is 0 Å². The monoisotopic (exact) mass is 250 g/mol. The third-order valence-electron chi connectivity index (χ3n) is 2.23. The van der Waals surface area contributed by atoms with Crippen LogP contribution >= 0.6 is 0 Å². The van der Waals surface area contributed by atoms with Crippen molar-refractivity contribution in [1.82, 2.24) is 10.6 Å². The summed E-state index contributed by atoms with van der Waals surface area (Å²) in [6.45, 7) is 8.76. The quantitative estimate of drug-likeness (QED) is 0.807. The minimum Gasteiger partial charge on any atom is -0.491 e. The van der Waals surface area contributed by atoms with Crippen molar-refractivity contribution >= 4 is 6.03 Å². The molecule has 0 aromatic heterocycles. The first kappa shape index (κ1) is 14.4. The van der Waals surface area contributed by atoms with Crippen LogP contribution in [0.5, 0.6) is 5.75 Å². The van der Waals surface area contributed by atoms with E-state index in [-0.39, 0.29) is 11.6 Å². The van der Waals surface area contributed by atoms with E-state index < -0.39 is 0 Å². The van der Waals surface area contributed by atoms with E-state index in [2.05, 4.69) is 10.6 Å². The van der Waals surface area contributed by atoms with Crippen molar-refractivity contribution in [2.24, 2.45) is 0 Å². The molecule has 4 nitrogen and oxygen atoms in total. The molecule has 0 unspecified atom stereocenters. The minimum atomic E-state index is -0.221. The highest BCUT2D eigenvalue weighted by molar-refractivity contribution is 5.74. The number of para-hydroxylation sites is 1. The van der Waals surface area contributed by atoms with Crippen molar-refractivity contribution in [3.05, 3.63) is 29.8 Å². The number of carbonyl (C=O) groups excluding carboxylic acids is 1. The van der Waals surface area contributed by atoms with Crippen molar-refractivity contribution in [3.8, 4) is 5.75 Å². The Balaban J connectivity index is 2.23. The summed E-state index contributed by atoms with van der Waals surface area (Å²) >= 11 is 0. The molecule has 1 aromatic carbocycles. The Labute approximate surface area is 109 Å². The molecule has 0 aliphatic rings. The number of benzene rings is 1. The number of urea groups is 1. The number of hydrogen-bond donors (Lipinski definition) is 2. The summed E-state index contributed by atoms with van der Waals surface area (Å²) in [4.78, 5) is 11.5. The van der Waals surface area contributed by atoms with Gasteiger partial charge in [0.05, 0.1) is 6.54 Å². The van der Waals surface area contributed by atoms with Gasteiger partial charge in [0.2, 0.25) is 0 Å². The Morgan fingerprint density at radius 1 is 1.28 bits per heavy atom. The van der Waals surface area contributed by atoms with Crippen molar-refractivity contribution in [1.29, 1.82) is 0 Å². The van der Waals surface area contributed by atoms with Crippen LogP contribution in [0, 0.1) is 6.92 Å². The van der Waals surface area contributed by atoms with Gasteiger partial charge in [0.25, 0.3) is 0 Å². The summed E-state index contributed by atoms with van der Waals surface area (Å²) in [5, 5.41) is 5.58. The number of ether oxygens (including phenoxy) is 1. The van der Waals surface area contributed by atoms with E-state index >= 15 is 0 Å². The maximum Gasteiger partial charge on any atom is 0.315 e. The molecular weight excluding hydrogens is 228 g/mol. The molecule has 2 N–H and O–H groups in total. The Morgan fingerprint density at radius 3 is 2.56 bits per heavy atom. The van der Waals surface area contributed by atoms with Gasteiger partial charge in [-0.2, -0.15) is 0 Å². The Bertz CT molecular complexity index is 397. The highest BCUT2D eigenvalue weighted by atomic mass is 16.5. The van der Waals surface area contributed by atoms with E-state index in [1.54, 1.807) is 0 Å². The molecule has 0 aliphatic carbocycles. The molecule has 0 saturated carbocycles. The molecular formula is C14H22N2O2. The maximum absolute atomic E-state index is 11.5. The summed E-state index contributed by atoms with van der Waals surface area (Å²) in [7, 11) is 0. The Kier molecular flexibility index (Phi) is 5.01. The van der Waals surface area contributed by atoms with Gasteiger partial charge >= 0.3 is 6.03 Å². The predicted molar refractivity (Wildman–Crippen MR) is 73.0 cm³/mol. The van der Waals surface area contributed by atoms with Gasteiger partial charge in [-0.25, -0.2) is 4.79 Å². The zero-order chi connectivity index (χ0) is 13.6. The summed E-state index contributed by atoms with van der Waals surface area (Å²) in [6, 6.07) is 7.65. The SMILES string of the molecule is Cc1ccccc1OCCNC(=O)NC(C)(C)C. The second-order valence-electron chi connectivity index (χ2n) is 5.24. The van der Waals surface area contributed by atoms with Gasteiger partial charge in [0.15, 0.2) is 0 Å². The van der Waals surface area contributed by atoms with Crippen molar-refractivity contribution in [3.63, 3.8) is 0 Å². The lowest BCUT2D eigenvalue weighted by Crippen LogP contribution is -2.47. The normalized spacial score (nSPS) is 10.9. The number of rotatable bonds is 4. The third kappa shape index (κ3) is 5.57. The van der Waals surface area contributed by atoms with E-state index in [9.17, 15) is 4.79 Å². The van der Waals surface area contributed by atoms with Gasteiger partial charge < -0.3 is 15.4 Å². The number of carbonyl (C=O) groups is 1. The van der Waals surface area contributed by atoms with E-state index in [4.69, 9.17) is 4.74 Å². The highest BCUT2D eigenvalue weighted by Crippen LogP contribution is 2.15. The molecule has 2 amide bonds. The highest BCUT2D eigenvalue weighted by Gasteiger charge is 2.12. The average molecular weight is 250 g/mol. The molecule has 0 spiro atoms. The van der Waals surface area contributed by atoms with Crippen LogP contribution in [0.25, 0.3) is 0 Å². The molecule has 4 heteroatoms. The lowest BCUT2D eigenvalue weighted by Gasteiger charge is -2.20. The molecule has 0 bridgehead atoms. The summed E-state index contributed by atoms with van der Waals surface area (Å²) < 4.78 is 5.57. The van der Waals surface area contributed by atoms with Gasteiger partial charge in [-0.05, 0) is 39.3 Å². The summed E-state index contributed by atoms with van der Waals surface area (Å²) in [6.07, 6.45) is 0. The van der Waals surface area contributed by atoms with Crippen LogP contribution in [0.15, 0.2) is 24.3 Å². The standard InChI is InChI=1S/C14H22N2O2/c1-11-7-5-6-8-12(11)18-10-9-15-13(17)16-14(2,3)4/h5-8H,9-10H2,1-4H3,(H2,15,16,17). The lowest BCUT2D eigenvalue weighted by atomic mass is 10.1. The summed E-state index contributed by atoms with van der Waals surface area (Å²) in [5.74, 6) is 0.857. The molecule has 1 rings (SSSR count). The van der Waals surface area contributed by atoms with Crippen LogP contribution < -0.4 is 15.4 Å². The van der Waals surface area contributed by atoms with Gasteiger partial charge in [-0.3, -0.25) is 0 Å². The molecule has 100 valence electrons. The molecule has 18 heavy (non-hydrogen) atoms. The van der Waals surface area contributed by atoms with Crippen LogP contribution in [-0.2, 0) is 0 Å².